The van der Waals surface area contributed by atoms with Crippen molar-refractivity contribution in [2.75, 3.05) is 32.1 Å². The van der Waals surface area contributed by atoms with E-state index in [0.29, 0.717) is 13.2 Å². The number of hydrogen-bond donors (Lipinski definition) is 2. The Bertz CT molecular complexity index is 540. The molecule has 1 aromatic heterocycles. The number of amides is 1. The van der Waals surface area contributed by atoms with Gasteiger partial charge in [-0.25, -0.2) is 4.98 Å². The Kier molecular flexibility index (Phi) is 5.86. The average Bonchev–Trinajstić information content (AvgIpc) is 2.45. The second-order valence-corrected chi connectivity index (χ2v) is 3.66. The molecule has 1 heterocycles. The molecule has 0 unspecified atom stereocenters. The Hall–Kier alpha value is -2.73. The molecule has 2 N–H and O–H groups in total. The number of anilines is 1. The zero-order valence-corrected chi connectivity index (χ0v) is 10.8. The van der Waals surface area contributed by atoms with Gasteiger partial charge in [0.2, 0.25) is 11.7 Å². The van der Waals surface area contributed by atoms with Crippen LogP contribution in [0.3, 0.4) is 0 Å². The highest BCUT2D eigenvalue weighted by atomic mass is 16.6. The number of nitrogens with one attached hydrogen (secondary N) is 2. The van der Waals surface area contributed by atoms with Crippen LogP contribution in [-0.2, 0) is 9.53 Å². The van der Waals surface area contributed by atoms with Crippen LogP contribution in [0.1, 0.15) is 5.56 Å². The molecule has 106 valence electrons. The van der Waals surface area contributed by atoms with E-state index in [2.05, 4.69) is 15.6 Å². The van der Waals surface area contributed by atoms with Crippen molar-refractivity contribution < 1.29 is 14.5 Å². The second kappa shape index (κ2) is 7.65. The molecule has 0 saturated heterocycles. The van der Waals surface area contributed by atoms with E-state index in [0.717, 1.165) is 6.07 Å². The van der Waals surface area contributed by atoms with Gasteiger partial charge in [-0.05, 0) is 0 Å². The van der Waals surface area contributed by atoms with Crippen LogP contribution in [0, 0.1) is 21.4 Å². The van der Waals surface area contributed by atoms with Gasteiger partial charge in [0.15, 0.2) is 0 Å². The Morgan fingerprint density at radius 3 is 3.00 bits per heavy atom. The summed E-state index contributed by atoms with van der Waals surface area (Å²) in [6.45, 7) is 0.560. The van der Waals surface area contributed by atoms with E-state index in [1.807, 2.05) is 0 Å². The molecule has 0 atom stereocenters. The first-order chi connectivity index (χ1) is 9.58. The SMILES string of the molecule is COCCNC(=O)CNc1ncc(C#N)cc1[N+](=O)[O-]. The number of pyridine rings is 1. The minimum absolute atomic E-state index is 0.0594. The molecule has 1 amide bonds. The largest absolute Gasteiger partial charge is 0.383 e. The molecule has 1 rings (SSSR count). The molecule has 9 nitrogen and oxygen atoms in total. The number of rotatable bonds is 7. The summed E-state index contributed by atoms with van der Waals surface area (Å²) in [6.07, 6.45) is 1.19. The lowest BCUT2D eigenvalue weighted by atomic mass is 10.3. The van der Waals surface area contributed by atoms with E-state index in [9.17, 15) is 14.9 Å². The van der Waals surface area contributed by atoms with E-state index in [1.165, 1.54) is 13.3 Å². The van der Waals surface area contributed by atoms with Crippen LogP contribution in [0.25, 0.3) is 0 Å². The lowest BCUT2D eigenvalue weighted by Crippen LogP contribution is -2.32. The van der Waals surface area contributed by atoms with E-state index < -0.39 is 4.92 Å². The van der Waals surface area contributed by atoms with Gasteiger partial charge in [-0.2, -0.15) is 5.26 Å². The molecular formula is C11H13N5O4. The van der Waals surface area contributed by atoms with Crippen molar-refractivity contribution in [3.8, 4) is 6.07 Å². The third kappa shape index (κ3) is 4.51. The van der Waals surface area contributed by atoms with Gasteiger partial charge in [0.25, 0.3) is 0 Å². The fourth-order valence-corrected chi connectivity index (χ4v) is 1.31. The molecule has 9 heteroatoms. The molecule has 1 aromatic rings. The Balaban J connectivity index is 2.66. The van der Waals surface area contributed by atoms with Crippen molar-refractivity contribution in [3.05, 3.63) is 27.9 Å². The topological polar surface area (TPSA) is 130 Å². The zero-order valence-electron chi connectivity index (χ0n) is 10.8. The van der Waals surface area contributed by atoms with Crippen molar-refractivity contribution in [3.63, 3.8) is 0 Å². The highest BCUT2D eigenvalue weighted by Gasteiger charge is 2.16. The van der Waals surface area contributed by atoms with Gasteiger partial charge in [-0.1, -0.05) is 0 Å². The number of methoxy groups -OCH3 is 1. The molecule has 0 saturated carbocycles. The number of ether oxygens (including phenoxy) is 1. The number of nitriles is 1. The minimum atomic E-state index is -0.668. The van der Waals surface area contributed by atoms with E-state index in [4.69, 9.17) is 10.00 Å². The van der Waals surface area contributed by atoms with E-state index >= 15 is 0 Å². The van der Waals surface area contributed by atoms with Crippen molar-refractivity contribution in [2.24, 2.45) is 0 Å². The molecule has 0 aliphatic carbocycles. The van der Waals surface area contributed by atoms with Gasteiger partial charge in [-0.3, -0.25) is 14.9 Å². The number of nitro groups is 1. The predicted octanol–water partition coefficient (Wildman–Crippen LogP) is 0.0360. The van der Waals surface area contributed by atoms with Crippen LogP contribution in [0.15, 0.2) is 12.3 Å². The standard InChI is InChI=1S/C11H13N5O4/c1-20-3-2-13-10(17)7-15-11-9(16(18)19)4-8(5-12)6-14-11/h4,6H,2-3,7H2,1H3,(H,13,17)(H,14,15). The van der Waals surface area contributed by atoms with Crippen molar-refractivity contribution >= 4 is 17.4 Å². The summed E-state index contributed by atoms with van der Waals surface area (Å²) in [7, 11) is 1.51. The highest BCUT2D eigenvalue weighted by molar-refractivity contribution is 5.81. The number of aromatic nitrogens is 1. The first kappa shape index (κ1) is 15.3. The molecule has 0 aliphatic heterocycles. The second-order valence-electron chi connectivity index (χ2n) is 3.66. The summed E-state index contributed by atoms with van der Waals surface area (Å²) in [4.78, 5) is 25.4. The summed E-state index contributed by atoms with van der Waals surface area (Å²) >= 11 is 0. The van der Waals surface area contributed by atoms with Gasteiger partial charge in [0, 0.05) is 25.9 Å². The average molecular weight is 279 g/mol. The maximum absolute atomic E-state index is 11.4. The summed E-state index contributed by atoms with van der Waals surface area (Å²) in [5.74, 6) is -0.404. The molecule has 0 fully saturated rings. The van der Waals surface area contributed by atoms with E-state index in [1.54, 1.807) is 6.07 Å². The fraction of sp³-hybridized carbons (Fsp3) is 0.364. The molecule has 0 aliphatic rings. The van der Waals surface area contributed by atoms with Crippen molar-refractivity contribution in [1.29, 1.82) is 5.26 Å². The monoisotopic (exact) mass is 279 g/mol. The normalized spacial score (nSPS) is 9.60. The van der Waals surface area contributed by atoms with Crippen LogP contribution in [0.2, 0.25) is 0 Å². The Labute approximate surface area is 114 Å². The first-order valence-electron chi connectivity index (χ1n) is 5.62. The maximum Gasteiger partial charge on any atom is 0.312 e. The summed E-state index contributed by atoms with van der Waals surface area (Å²) in [5, 5.41) is 24.6. The third-order valence-corrected chi connectivity index (χ3v) is 2.24. The highest BCUT2D eigenvalue weighted by Crippen LogP contribution is 2.21. The zero-order chi connectivity index (χ0) is 15.0. The van der Waals surface area contributed by atoms with Crippen molar-refractivity contribution in [1.82, 2.24) is 10.3 Å². The summed E-state index contributed by atoms with van der Waals surface area (Å²) in [6, 6.07) is 2.86. The smallest absolute Gasteiger partial charge is 0.312 e. The predicted molar refractivity (Wildman–Crippen MR) is 69.0 cm³/mol. The molecular weight excluding hydrogens is 266 g/mol. The maximum atomic E-state index is 11.4. The van der Waals surface area contributed by atoms with Crippen LogP contribution in [0.4, 0.5) is 11.5 Å². The van der Waals surface area contributed by atoms with E-state index in [-0.39, 0.29) is 29.5 Å². The molecule has 0 spiro atoms. The van der Waals surface area contributed by atoms with Crippen LogP contribution < -0.4 is 10.6 Å². The van der Waals surface area contributed by atoms with Crippen LogP contribution in [-0.4, -0.2) is 42.6 Å². The van der Waals surface area contributed by atoms with Gasteiger partial charge >= 0.3 is 5.69 Å². The third-order valence-electron chi connectivity index (χ3n) is 2.24. The van der Waals surface area contributed by atoms with Crippen LogP contribution in [0.5, 0.6) is 0 Å². The first-order valence-corrected chi connectivity index (χ1v) is 5.62. The minimum Gasteiger partial charge on any atom is -0.383 e. The van der Waals surface area contributed by atoms with Gasteiger partial charge in [-0.15, -0.1) is 0 Å². The lowest BCUT2D eigenvalue weighted by molar-refractivity contribution is -0.384. The van der Waals surface area contributed by atoms with Crippen LogP contribution >= 0.6 is 0 Å². The molecule has 0 bridgehead atoms. The van der Waals surface area contributed by atoms with Crippen molar-refractivity contribution in [2.45, 2.75) is 0 Å². The number of carbonyl (C=O) groups excluding carboxylic acids is 1. The Morgan fingerprint density at radius 1 is 1.65 bits per heavy atom. The molecule has 0 radical (unpaired) electrons. The van der Waals surface area contributed by atoms with Gasteiger partial charge < -0.3 is 15.4 Å². The quantitative estimate of drug-likeness (QED) is 0.409. The number of carbonyl (C=O) groups is 1. The summed E-state index contributed by atoms with van der Waals surface area (Å²) < 4.78 is 4.76. The number of nitrogens with zero attached hydrogens (tertiary/aromatic N) is 3. The lowest BCUT2D eigenvalue weighted by Gasteiger charge is -2.07. The number of hydrogen-bond acceptors (Lipinski definition) is 7. The Morgan fingerprint density at radius 2 is 2.40 bits per heavy atom. The van der Waals surface area contributed by atoms with Gasteiger partial charge in [0.05, 0.1) is 23.6 Å². The fourth-order valence-electron chi connectivity index (χ4n) is 1.31. The molecule has 20 heavy (non-hydrogen) atoms. The summed E-state index contributed by atoms with van der Waals surface area (Å²) in [5.41, 5.74) is -0.277. The molecule has 0 aromatic carbocycles. The van der Waals surface area contributed by atoms with Gasteiger partial charge in [0.1, 0.15) is 6.07 Å².